The van der Waals surface area contributed by atoms with Gasteiger partial charge in [0.1, 0.15) is 5.60 Å². The quantitative estimate of drug-likeness (QED) is 0.716. The number of halogens is 1. The van der Waals surface area contributed by atoms with E-state index in [0.717, 1.165) is 10.4 Å². The molecule has 0 aliphatic rings. The molecule has 0 bridgehead atoms. The van der Waals surface area contributed by atoms with Gasteiger partial charge in [0.2, 0.25) is 0 Å². The van der Waals surface area contributed by atoms with Crippen molar-refractivity contribution in [2.75, 3.05) is 6.54 Å². The molecule has 0 aliphatic carbocycles. The predicted molar refractivity (Wildman–Crippen MR) is 95.4 cm³/mol. The number of hydrogen-bond donors (Lipinski definition) is 2. The van der Waals surface area contributed by atoms with Gasteiger partial charge in [-0.3, -0.25) is 4.79 Å². The zero-order valence-corrected chi connectivity index (χ0v) is 14.4. The van der Waals surface area contributed by atoms with Crippen LogP contribution < -0.4 is 5.32 Å². The highest BCUT2D eigenvalue weighted by Gasteiger charge is 2.33. The van der Waals surface area contributed by atoms with E-state index in [1.165, 1.54) is 22.7 Å². The van der Waals surface area contributed by atoms with E-state index in [9.17, 15) is 9.90 Å². The molecule has 2 N–H and O–H groups in total. The Morgan fingerprint density at radius 2 is 2.09 bits per heavy atom. The van der Waals surface area contributed by atoms with Crippen molar-refractivity contribution in [3.8, 4) is 0 Å². The van der Waals surface area contributed by atoms with Crippen LogP contribution in [0.1, 0.15) is 20.8 Å². The van der Waals surface area contributed by atoms with E-state index in [4.69, 9.17) is 11.6 Å². The van der Waals surface area contributed by atoms with Gasteiger partial charge in [-0.1, -0.05) is 23.7 Å². The van der Waals surface area contributed by atoms with Gasteiger partial charge < -0.3 is 10.4 Å². The number of carbonyl (C=O) groups excluding carboxylic acids is 1. The van der Waals surface area contributed by atoms with E-state index in [0.29, 0.717) is 10.6 Å². The van der Waals surface area contributed by atoms with Crippen LogP contribution in [0, 0.1) is 0 Å². The Bertz CT molecular complexity index is 751. The third-order valence-corrected chi connectivity index (χ3v) is 5.46. The smallest absolute Gasteiger partial charge is 0.251 e. The molecule has 3 rings (SSSR count). The number of amides is 1. The number of rotatable bonds is 5. The Labute approximate surface area is 147 Å². The molecular formula is C17H14ClNO2S2. The number of aliphatic hydroxyl groups is 1. The van der Waals surface area contributed by atoms with E-state index in [1.807, 2.05) is 34.3 Å². The Balaban J connectivity index is 1.82. The molecule has 0 aliphatic heterocycles. The number of benzene rings is 1. The summed E-state index contributed by atoms with van der Waals surface area (Å²) in [5, 5.41) is 20.2. The fourth-order valence-electron chi connectivity index (χ4n) is 2.29. The summed E-state index contributed by atoms with van der Waals surface area (Å²) in [6, 6.07) is 12.4. The molecule has 0 radical (unpaired) electrons. The number of carbonyl (C=O) groups is 1. The SMILES string of the molecule is O=C(NCC(O)(c1ccsc1)c1cccs1)c1cccc(Cl)c1. The predicted octanol–water partition coefficient (Wildman–Crippen LogP) is 4.13. The monoisotopic (exact) mass is 363 g/mol. The molecule has 118 valence electrons. The van der Waals surface area contributed by atoms with E-state index in [1.54, 1.807) is 24.3 Å². The molecule has 1 unspecified atom stereocenters. The van der Waals surface area contributed by atoms with Crippen LogP contribution in [0.4, 0.5) is 0 Å². The van der Waals surface area contributed by atoms with Crippen molar-refractivity contribution in [3.05, 3.63) is 79.6 Å². The molecule has 0 saturated heterocycles. The third kappa shape index (κ3) is 3.48. The number of hydrogen-bond acceptors (Lipinski definition) is 4. The molecule has 1 amide bonds. The summed E-state index contributed by atoms with van der Waals surface area (Å²) >= 11 is 8.89. The van der Waals surface area contributed by atoms with Crippen LogP contribution in [0.2, 0.25) is 5.02 Å². The minimum absolute atomic E-state index is 0.0929. The molecule has 1 aromatic carbocycles. The van der Waals surface area contributed by atoms with Crippen LogP contribution in [-0.4, -0.2) is 17.6 Å². The first kappa shape index (κ1) is 16.2. The average Bonchev–Trinajstić information content (AvgIpc) is 3.25. The summed E-state index contributed by atoms with van der Waals surface area (Å²) in [4.78, 5) is 13.1. The highest BCUT2D eigenvalue weighted by molar-refractivity contribution is 7.10. The molecule has 23 heavy (non-hydrogen) atoms. The first-order chi connectivity index (χ1) is 11.1. The van der Waals surface area contributed by atoms with Gasteiger partial charge >= 0.3 is 0 Å². The second kappa shape index (κ2) is 6.84. The van der Waals surface area contributed by atoms with Crippen LogP contribution in [0.5, 0.6) is 0 Å². The molecule has 6 heteroatoms. The zero-order valence-electron chi connectivity index (χ0n) is 12.0. The second-order valence-corrected chi connectivity index (χ2v) is 7.21. The summed E-state index contributed by atoms with van der Waals surface area (Å²) in [5.41, 5.74) is 0.00951. The molecule has 2 heterocycles. The topological polar surface area (TPSA) is 49.3 Å². The minimum Gasteiger partial charge on any atom is -0.378 e. The molecule has 0 saturated carbocycles. The van der Waals surface area contributed by atoms with Crippen LogP contribution in [0.15, 0.2) is 58.6 Å². The first-order valence-corrected chi connectivity index (χ1v) is 9.12. The largest absolute Gasteiger partial charge is 0.378 e. The Kier molecular flexibility index (Phi) is 4.82. The van der Waals surface area contributed by atoms with Crippen molar-refractivity contribution in [1.82, 2.24) is 5.32 Å². The minimum atomic E-state index is -1.23. The maximum absolute atomic E-state index is 12.3. The van der Waals surface area contributed by atoms with Crippen molar-refractivity contribution in [2.45, 2.75) is 5.60 Å². The average molecular weight is 364 g/mol. The summed E-state index contributed by atoms with van der Waals surface area (Å²) in [5.74, 6) is -0.266. The van der Waals surface area contributed by atoms with Gasteiger partial charge in [-0.25, -0.2) is 0 Å². The summed E-state index contributed by atoms with van der Waals surface area (Å²) < 4.78 is 0. The van der Waals surface area contributed by atoms with Crippen LogP contribution >= 0.6 is 34.3 Å². The molecule has 3 nitrogen and oxygen atoms in total. The van der Waals surface area contributed by atoms with Gasteiger partial charge in [0, 0.05) is 21.0 Å². The van der Waals surface area contributed by atoms with E-state index < -0.39 is 5.60 Å². The number of nitrogens with one attached hydrogen (secondary N) is 1. The lowest BCUT2D eigenvalue weighted by Gasteiger charge is -2.27. The van der Waals surface area contributed by atoms with Crippen molar-refractivity contribution >= 4 is 40.2 Å². The summed E-state index contributed by atoms with van der Waals surface area (Å²) in [6.07, 6.45) is 0. The maximum atomic E-state index is 12.3. The Morgan fingerprint density at radius 3 is 2.74 bits per heavy atom. The zero-order chi connectivity index (χ0) is 16.3. The lowest BCUT2D eigenvalue weighted by atomic mass is 9.94. The Morgan fingerprint density at radius 1 is 1.22 bits per heavy atom. The third-order valence-electron chi connectivity index (χ3n) is 3.52. The second-order valence-electron chi connectivity index (χ2n) is 5.04. The molecular weight excluding hydrogens is 350 g/mol. The van der Waals surface area contributed by atoms with Crippen LogP contribution in [0.25, 0.3) is 0 Å². The van der Waals surface area contributed by atoms with Gasteiger partial charge in [0.15, 0.2) is 0 Å². The van der Waals surface area contributed by atoms with Gasteiger partial charge in [0.25, 0.3) is 5.91 Å². The van der Waals surface area contributed by atoms with Crippen molar-refractivity contribution in [1.29, 1.82) is 0 Å². The van der Waals surface area contributed by atoms with Crippen LogP contribution in [-0.2, 0) is 5.60 Å². The summed E-state index contributed by atoms with van der Waals surface area (Å²) in [6.45, 7) is 0.0929. The molecule has 0 fully saturated rings. The fourth-order valence-corrected chi connectivity index (χ4v) is 4.05. The van der Waals surface area contributed by atoms with Gasteiger partial charge in [0.05, 0.1) is 6.54 Å². The Hall–Kier alpha value is -1.66. The van der Waals surface area contributed by atoms with E-state index in [2.05, 4.69) is 5.32 Å². The molecule has 0 spiro atoms. The lowest BCUT2D eigenvalue weighted by molar-refractivity contribution is 0.0721. The fraction of sp³-hybridized carbons (Fsp3) is 0.118. The highest BCUT2D eigenvalue weighted by atomic mass is 35.5. The van der Waals surface area contributed by atoms with E-state index >= 15 is 0 Å². The maximum Gasteiger partial charge on any atom is 0.251 e. The van der Waals surface area contributed by atoms with Gasteiger partial charge in [-0.15, -0.1) is 11.3 Å². The molecule has 1 atom stereocenters. The normalized spacial score (nSPS) is 13.5. The van der Waals surface area contributed by atoms with Crippen molar-refractivity contribution < 1.29 is 9.90 Å². The molecule has 3 aromatic rings. The highest BCUT2D eigenvalue weighted by Crippen LogP contribution is 2.33. The van der Waals surface area contributed by atoms with Gasteiger partial charge in [-0.2, -0.15) is 11.3 Å². The standard InChI is InChI=1S/C17H14ClNO2S2/c18-14-4-1-3-12(9-14)16(20)19-11-17(21,13-6-8-22-10-13)15-5-2-7-23-15/h1-10,21H,11H2,(H,19,20). The van der Waals surface area contributed by atoms with Crippen molar-refractivity contribution in [3.63, 3.8) is 0 Å². The summed E-state index contributed by atoms with van der Waals surface area (Å²) in [7, 11) is 0. The lowest BCUT2D eigenvalue weighted by Crippen LogP contribution is -2.41. The van der Waals surface area contributed by atoms with E-state index in [-0.39, 0.29) is 12.5 Å². The van der Waals surface area contributed by atoms with Crippen molar-refractivity contribution in [2.24, 2.45) is 0 Å². The molecule has 2 aromatic heterocycles. The first-order valence-electron chi connectivity index (χ1n) is 6.92. The number of thiophene rings is 2. The van der Waals surface area contributed by atoms with Crippen LogP contribution in [0.3, 0.4) is 0 Å². The van der Waals surface area contributed by atoms with Gasteiger partial charge in [-0.05, 0) is 46.5 Å².